The Balaban J connectivity index is 4.94. The molecule has 2 nitrogen and oxygen atoms in total. The lowest BCUT2D eigenvalue weighted by Crippen LogP contribution is -2.44. The fraction of sp³-hybridized carbons (Fsp3) is 0.615. The molecule has 0 aliphatic carbocycles. The molecule has 0 aliphatic rings. The molecule has 0 amide bonds. The van der Waals surface area contributed by atoms with Crippen LogP contribution < -0.4 is 0 Å². The van der Waals surface area contributed by atoms with Crippen LogP contribution in [-0.2, 0) is 4.43 Å². The summed E-state index contributed by atoms with van der Waals surface area (Å²) < 4.78 is 6.02. The van der Waals surface area contributed by atoms with Crippen LogP contribution in [0.3, 0.4) is 0 Å². The van der Waals surface area contributed by atoms with Crippen LogP contribution in [0.5, 0.6) is 0 Å². The standard InChI is InChI=1S/C13H23NOSi/c1-7-9-12(10-8-2)13(3,11-14)15-16(4,5)6/h7-8,12H,1-2,9-10H2,3-6H3/t13-/m1/s1. The number of nitriles is 1. The van der Waals surface area contributed by atoms with E-state index < -0.39 is 13.9 Å². The Morgan fingerprint density at radius 2 is 1.75 bits per heavy atom. The Kier molecular flexibility index (Phi) is 5.70. The normalized spacial score (nSPS) is 15.2. The Morgan fingerprint density at radius 3 is 2.00 bits per heavy atom. The molecule has 1 atom stereocenters. The van der Waals surface area contributed by atoms with Crippen molar-refractivity contribution in [3.8, 4) is 6.07 Å². The highest BCUT2D eigenvalue weighted by Crippen LogP contribution is 2.31. The lowest BCUT2D eigenvalue weighted by atomic mass is 9.85. The van der Waals surface area contributed by atoms with Crippen LogP contribution >= 0.6 is 0 Å². The summed E-state index contributed by atoms with van der Waals surface area (Å²) >= 11 is 0. The van der Waals surface area contributed by atoms with E-state index in [1.165, 1.54) is 0 Å². The zero-order chi connectivity index (χ0) is 12.8. The maximum atomic E-state index is 9.35. The molecule has 0 aromatic heterocycles. The molecule has 0 aromatic rings. The molecule has 0 heterocycles. The monoisotopic (exact) mass is 237 g/mol. The van der Waals surface area contributed by atoms with Gasteiger partial charge in [0.05, 0.1) is 6.07 Å². The van der Waals surface area contributed by atoms with Crippen molar-refractivity contribution in [3.63, 3.8) is 0 Å². The molecule has 0 N–H and O–H groups in total. The first-order valence-corrected chi connectivity index (χ1v) is 9.03. The van der Waals surface area contributed by atoms with Crippen molar-refractivity contribution in [1.29, 1.82) is 5.26 Å². The molecule has 0 bridgehead atoms. The van der Waals surface area contributed by atoms with Crippen molar-refractivity contribution < 1.29 is 4.43 Å². The van der Waals surface area contributed by atoms with Crippen LogP contribution in [-0.4, -0.2) is 13.9 Å². The molecular weight excluding hydrogens is 214 g/mol. The van der Waals surface area contributed by atoms with E-state index in [1.807, 2.05) is 19.1 Å². The molecule has 0 fully saturated rings. The fourth-order valence-corrected chi connectivity index (χ4v) is 3.27. The number of hydrogen-bond donors (Lipinski definition) is 0. The average Bonchev–Trinajstić information content (AvgIpc) is 2.15. The lowest BCUT2D eigenvalue weighted by molar-refractivity contribution is 0.0748. The van der Waals surface area contributed by atoms with Crippen molar-refractivity contribution in [1.82, 2.24) is 0 Å². The number of hydrogen-bond acceptors (Lipinski definition) is 2. The quantitative estimate of drug-likeness (QED) is 0.497. The SMILES string of the molecule is C=CCC(CC=C)[C@@](C)(C#N)O[Si](C)(C)C. The van der Waals surface area contributed by atoms with Gasteiger partial charge < -0.3 is 4.43 Å². The van der Waals surface area contributed by atoms with Crippen molar-refractivity contribution in [3.05, 3.63) is 25.3 Å². The van der Waals surface area contributed by atoms with Crippen molar-refractivity contribution in [2.75, 3.05) is 0 Å². The van der Waals surface area contributed by atoms with Gasteiger partial charge in [-0.05, 0) is 39.4 Å². The molecule has 0 saturated heterocycles. The average molecular weight is 237 g/mol. The van der Waals surface area contributed by atoms with E-state index in [2.05, 4.69) is 38.9 Å². The molecule has 0 aromatic carbocycles. The Morgan fingerprint density at radius 1 is 1.31 bits per heavy atom. The van der Waals surface area contributed by atoms with Gasteiger partial charge in [-0.25, -0.2) is 0 Å². The van der Waals surface area contributed by atoms with Crippen molar-refractivity contribution >= 4 is 8.32 Å². The van der Waals surface area contributed by atoms with E-state index in [0.29, 0.717) is 0 Å². The summed E-state index contributed by atoms with van der Waals surface area (Å²) in [4.78, 5) is 0. The van der Waals surface area contributed by atoms with Gasteiger partial charge in [-0.1, -0.05) is 12.2 Å². The summed E-state index contributed by atoms with van der Waals surface area (Å²) in [6, 6.07) is 2.32. The Hall–Kier alpha value is -0.853. The van der Waals surface area contributed by atoms with E-state index >= 15 is 0 Å². The molecule has 0 rings (SSSR count). The third-order valence-corrected chi connectivity index (χ3v) is 3.46. The minimum absolute atomic E-state index is 0.138. The smallest absolute Gasteiger partial charge is 0.185 e. The van der Waals surface area contributed by atoms with E-state index in [9.17, 15) is 5.26 Å². The van der Waals surface area contributed by atoms with Gasteiger partial charge in [0.15, 0.2) is 8.32 Å². The van der Waals surface area contributed by atoms with Crippen molar-refractivity contribution in [2.24, 2.45) is 5.92 Å². The first kappa shape index (κ1) is 15.1. The van der Waals surface area contributed by atoms with Gasteiger partial charge in [-0.3, -0.25) is 0 Å². The van der Waals surface area contributed by atoms with Crippen LogP contribution in [0.25, 0.3) is 0 Å². The largest absolute Gasteiger partial charge is 0.400 e. The predicted molar refractivity (Wildman–Crippen MR) is 71.6 cm³/mol. The number of rotatable bonds is 7. The topological polar surface area (TPSA) is 33.0 Å². The lowest BCUT2D eigenvalue weighted by Gasteiger charge is -2.36. The van der Waals surface area contributed by atoms with Gasteiger partial charge in [0.1, 0.15) is 5.60 Å². The van der Waals surface area contributed by atoms with E-state index in [1.54, 1.807) is 0 Å². The van der Waals surface area contributed by atoms with Crippen LogP contribution in [0.2, 0.25) is 19.6 Å². The van der Waals surface area contributed by atoms with Gasteiger partial charge in [-0.2, -0.15) is 5.26 Å². The van der Waals surface area contributed by atoms with E-state index in [0.717, 1.165) is 12.8 Å². The van der Waals surface area contributed by atoms with E-state index in [-0.39, 0.29) is 5.92 Å². The maximum absolute atomic E-state index is 9.35. The van der Waals surface area contributed by atoms with Gasteiger partial charge in [0.25, 0.3) is 0 Å². The minimum atomic E-state index is -1.73. The molecule has 0 radical (unpaired) electrons. The van der Waals surface area contributed by atoms with Gasteiger partial charge in [0, 0.05) is 5.92 Å². The second kappa shape index (κ2) is 6.02. The second-order valence-electron chi connectivity index (χ2n) is 5.18. The summed E-state index contributed by atoms with van der Waals surface area (Å²) in [7, 11) is -1.73. The van der Waals surface area contributed by atoms with Crippen LogP contribution in [0.4, 0.5) is 0 Å². The molecular formula is C13H23NOSi. The summed E-state index contributed by atoms with van der Waals surface area (Å²) in [5, 5.41) is 9.35. The van der Waals surface area contributed by atoms with Crippen molar-refractivity contribution in [2.45, 2.75) is 45.0 Å². The highest BCUT2D eigenvalue weighted by atomic mass is 28.4. The first-order chi connectivity index (χ1) is 7.29. The molecule has 0 unspecified atom stereocenters. The molecule has 3 heteroatoms. The minimum Gasteiger partial charge on any atom is -0.400 e. The second-order valence-corrected chi connectivity index (χ2v) is 9.61. The molecule has 0 spiro atoms. The summed E-state index contributed by atoms with van der Waals surface area (Å²) in [6.07, 6.45) is 5.25. The van der Waals surface area contributed by atoms with Crippen LogP contribution in [0.15, 0.2) is 25.3 Å². The summed E-state index contributed by atoms with van der Waals surface area (Å²) in [5.41, 5.74) is -0.729. The third kappa shape index (κ3) is 4.78. The zero-order valence-corrected chi connectivity index (χ0v) is 11.9. The third-order valence-electron chi connectivity index (χ3n) is 2.42. The number of nitrogens with zero attached hydrogens (tertiary/aromatic N) is 1. The molecule has 0 aliphatic heterocycles. The van der Waals surface area contributed by atoms with Gasteiger partial charge in [0.2, 0.25) is 0 Å². The predicted octanol–water partition coefficient (Wildman–Crippen LogP) is 3.89. The molecule has 90 valence electrons. The van der Waals surface area contributed by atoms with Gasteiger partial charge in [-0.15, -0.1) is 13.2 Å². The van der Waals surface area contributed by atoms with Crippen LogP contribution in [0, 0.1) is 17.2 Å². The van der Waals surface area contributed by atoms with Gasteiger partial charge >= 0.3 is 0 Å². The maximum Gasteiger partial charge on any atom is 0.185 e. The Bertz CT molecular complexity index is 277. The van der Waals surface area contributed by atoms with E-state index in [4.69, 9.17) is 4.43 Å². The first-order valence-electron chi connectivity index (χ1n) is 5.62. The highest BCUT2D eigenvalue weighted by Gasteiger charge is 2.37. The van der Waals surface area contributed by atoms with Crippen LogP contribution in [0.1, 0.15) is 19.8 Å². The number of allylic oxidation sites excluding steroid dienone is 2. The molecule has 0 saturated carbocycles. The summed E-state index contributed by atoms with van der Waals surface area (Å²) in [5.74, 6) is 0.138. The Labute approximate surface area is 101 Å². The highest BCUT2D eigenvalue weighted by molar-refractivity contribution is 6.69. The fourth-order valence-electron chi connectivity index (χ4n) is 1.78. The molecule has 16 heavy (non-hydrogen) atoms. The summed E-state index contributed by atoms with van der Waals surface area (Å²) in [6.45, 7) is 15.7. The zero-order valence-electron chi connectivity index (χ0n) is 10.9.